The Kier molecular flexibility index (Phi) is 7.63. The molecule has 1 saturated carbocycles. The fraction of sp³-hybridized carbons (Fsp3) is 0.500. The third kappa shape index (κ3) is 4.75. The maximum Gasteiger partial charge on any atom is 0.243 e. The minimum atomic E-state index is 0.0554. The van der Waals surface area contributed by atoms with Crippen molar-refractivity contribution in [2.24, 2.45) is 10.8 Å². The lowest BCUT2D eigenvalue weighted by atomic mass is 9.66. The van der Waals surface area contributed by atoms with Gasteiger partial charge in [-0.2, -0.15) is 0 Å². The van der Waals surface area contributed by atoms with E-state index in [-0.39, 0.29) is 16.7 Å². The molecule has 1 aliphatic carbocycles. The molecule has 4 atom stereocenters. The first kappa shape index (κ1) is 36.0. The maximum atomic E-state index is 7.27. The highest BCUT2D eigenvalue weighted by Gasteiger charge is 2.53. The molecule has 6 aliphatic heterocycles. The zero-order valence-electron chi connectivity index (χ0n) is 36.1. The Bertz CT molecular complexity index is 2840. The van der Waals surface area contributed by atoms with Gasteiger partial charge in [0, 0.05) is 58.4 Å². The number of piperidine rings is 2. The average Bonchev–Trinajstić information content (AvgIpc) is 3.58. The van der Waals surface area contributed by atoms with Crippen LogP contribution < -0.4 is 0 Å². The lowest BCUT2D eigenvalue weighted by Crippen LogP contribution is -2.50. The molecule has 7 aliphatic rings. The molecule has 13 rings (SSSR count). The standard InChI is InChI=1S/C52H58N6O2/c1-6-51-21-11-23-55-25-19-35-34-14-8-9-15-37(34)57(44(35)47(51)55)40(29-51)50-54-43(30(3)4)41(59-50)27-33-13-10-16-38-42(33)36-20-26-56-24-12-22-52(7-2)28-39(58(38)45(36)48(52)56)49-53-31(5)46(60-49)32-17-18-32/h8-10,13-16,28-30,32,47-48H,6-7,11-12,17-27H2,1-5H3/t47-,48-,51+,52+/m1/s1. The van der Waals surface area contributed by atoms with Crippen LogP contribution in [0, 0.1) is 17.8 Å². The number of benzene rings is 2. The van der Waals surface area contributed by atoms with Gasteiger partial charge in [-0.05, 0) is 131 Å². The van der Waals surface area contributed by atoms with Crippen LogP contribution in [0.5, 0.6) is 0 Å². The minimum absolute atomic E-state index is 0.0554. The van der Waals surface area contributed by atoms with Crippen molar-refractivity contribution in [2.75, 3.05) is 26.2 Å². The number of aryl methyl sites for hydroxylation is 1. The quantitative estimate of drug-likeness (QED) is 0.153. The van der Waals surface area contributed by atoms with Crippen LogP contribution in [0.25, 0.3) is 33.2 Å². The Labute approximate surface area is 353 Å². The van der Waals surface area contributed by atoms with Crippen LogP contribution in [0.1, 0.15) is 166 Å². The first-order valence-electron chi connectivity index (χ1n) is 23.5. The third-order valence-electron chi connectivity index (χ3n) is 16.5. The molecule has 3 fully saturated rings. The van der Waals surface area contributed by atoms with Gasteiger partial charge in [-0.15, -0.1) is 0 Å². The van der Waals surface area contributed by atoms with Crippen molar-refractivity contribution in [3.8, 4) is 0 Å². The summed E-state index contributed by atoms with van der Waals surface area (Å²) in [5.74, 6) is 4.41. The predicted octanol–water partition coefficient (Wildman–Crippen LogP) is 11.5. The van der Waals surface area contributed by atoms with Gasteiger partial charge in [0.25, 0.3) is 0 Å². The number of hydrogen-bond acceptors (Lipinski definition) is 6. The zero-order valence-corrected chi connectivity index (χ0v) is 36.1. The molecule has 8 nitrogen and oxygen atoms in total. The summed E-state index contributed by atoms with van der Waals surface area (Å²) < 4.78 is 19.2. The summed E-state index contributed by atoms with van der Waals surface area (Å²) in [6.45, 7) is 16.1. The molecule has 60 heavy (non-hydrogen) atoms. The van der Waals surface area contributed by atoms with Crippen molar-refractivity contribution < 1.29 is 8.83 Å². The van der Waals surface area contributed by atoms with E-state index in [1.807, 2.05) is 0 Å². The topological polar surface area (TPSA) is 68.4 Å². The molecule has 2 aromatic carbocycles. The van der Waals surface area contributed by atoms with Gasteiger partial charge in [-0.1, -0.05) is 58.0 Å². The Morgan fingerprint density at radius 3 is 2.05 bits per heavy atom. The number of fused-ring (bicyclic) bond motifs is 6. The molecule has 0 spiro atoms. The Balaban J connectivity index is 0.983. The normalized spacial score (nSPS) is 27.1. The fourth-order valence-corrected chi connectivity index (χ4v) is 13.7. The molecule has 308 valence electrons. The lowest BCUT2D eigenvalue weighted by molar-refractivity contribution is 0.0269. The van der Waals surface area contributed by atoms with Crippen LogP contribution in [-0.2, 0) is 19.3 Å². The summed E-state index contributed by atoms with van der Waals surface area (Å²) in [7, 11) is 0. The highest BCUT2D eigenvalue weighted by molar-refractivity contribution is 5.94. The van der Waals surface area contributed by atoms with E-state index in [1.165, 1.54) is 101 Å². The van der Waals surface area contributed by atoms with E-state index in [0.29, 0.717) is 24.4 Å². The number of rotatable bonds is 8. The zero-order chi connectivity index (χ0) is 40.2. The van der Waals surface area contributed by atoms with Crippen molar-refractivity contribution in [1.29, 1.82) is 0 Å². The van der Waals surface area contributed by atoms with Gasteiger partial charge in [0.1, 0.15) is 22.9 Å². The number of hydrogen-bond donors (Lipinski definition) is 0. The van der Waals surface area contributed by atoms with Gasteiger partial charge in [-0.3, -0.25) is 9.80 Å². The van der Waals surface area contributed by atoms with Crippen LogP contribution >= 0.6 is 0 Å². The Morgan fingerprint density at radius 2 is 1.37 bits per heavy atom. The van der Waals surface area contributed by atoms with Crippen LogP contribution in [0.15, 0.2) is 63.5 Å². The van der Waals surface area contributed by atoms with Gasteiger partial charge in [0.05, 0.1) is 34.5 Å². The molecule has 8 heteroatoms. The molecular weight excluding hydrogens is 741 g/mol. The van der Waals surface area contributed by atoms with E-state index in [0.717, 1.165) is 84.9 Å². The number of oxazole rings is 2. The van der Waals surface area contributed by atoms with Gasteiger partial charge >= 0.3 is 0 Å². The molecule has 2 saturated heterocycles. The molecule has 0 unspecified atom stereocenters. The summed E-state index contributed by atoms with van der Waals surface area (Å²) >= 11 is 0. The third-order valence-corrected chi connectivity index (χ3v) is 16.5. The van der Waals surface area contributed by atoms with E-state index >= 15 is 0 Å². The first-order valence-corrected chi connectivity index (χ1v) is 23.5. The van der Waals surface area contributed by atoms with Crippen LogP contribution in [0.2, 0.25) is 0 Å². The van der Waals surface area contributed by atoms with Crippen molar-refractivity contribution in [1.82, 2.24) is 28.9 Å². The van der Waals surface area contributed by atoms with Crippen molar-refractivity contribution in [3.63, 3.8) is 0 Å². The summed E-state index contributed by atoms with van der Waals surface area (Å²) in [5, 5.41) is 2.79. The molecule has 10 heterocycles. The molecule has 0 radical (unpaired) electrons. The number of nitrogens with zero attached hydrogens (tertiary/aromatic N) is 6. The van der Waals surface area contributed by atoms with E-state index in [4.69, 9.17) is 18.8 Å². The van der Waals surface area contributed by atoms with Gasteiger partial charge in [-0.25, -0.2) is 9.97 Å². The van der Waals surface area contributed by atoms with Gasteiger partial charge in [0.2, 0.25) is 11.8 Å². The van der Waals surface area contributed by atoms with E-state index in [9.17, 15) is 0 Å². The second-order valence-electron chi connectivity index (χ2n) is 19.9. The average molecular weight is 799 g/mol. The minimum Gasteiger partial charge on any atom is -0.439 e. The van der Waals surface area contributed by atoms with Crippen molar-refractivity contribution in [2.45, 2.75) is 129 Å². The highest BCUT2D eigenvalue weighted by atomic mass is 16.4. The van der Waals surface area contributed by atoms with E-state index in [1.54, 1.807) is 0 Å². The van der Waals surface area contributed by atoms with Gasteiger partial charge in [0.15, 0.2) is 0 Å². The monoisotopic (exact) mass is 798 g/mol. The lowest BCUT2D eigenvalue weighted by Gasteiger charge is -2.53. The molecule has 0 N–H and O–H groups in total. The fourth-order valence-electron chi connectivity index (χ4n) is 13.7. The maximum absolute atomic E-state index is 7.27. The summed E-state index contributed by atoms with van der Waals surface area (Å²) in [6.07, 6.45) is 17.5. The van der Waals surface area contributed by atoms with E-state index in [2.05, 4.69) is 108 Å². The predicted molar refractivity (Wildman–Crippen MR) is 237 cm³/mol. The van der Waals surface area contributed by atoms with Crippen molar-refractivity contribution in [3.05, 3.63) is 117 Å². The molecule has 0 amide bonds. The molecular formula is C52H58N6O2. The molecule has 0 bridgehead atoms. The highest BCUT2D eigenvalue weighted by Crippen LogP contribution is 2.60. The Hall–Kier alpha value is -4.66. The molecule has 4 aromatic heterocycles. The second-order valence-corrected chi connectivity index (χ2v) is 19.9. The SMILES string of the molecule is CC[C@@]12C=C(c3nc(C(C)C)c(Cc4cccc5c4c4c6n5C(c5nc(C)c(C7CC7)o5)=C[C@]5(CC)CCCN(CC4)[C@H]65)o3)n3c4c(c5ccccc53)CCN(CCC1)[C@H]42. The van der Waals surface area contributed by atoms with E-state index < -0.39 is 0 Å². The summed E-state index contributed by atoms with van der Waals surface area (Å²) in [5.41, 5.74) is 14.5. The largest absolute Gasteiger partial charge is 0.439 e. The number of para-hydroxylation sites is 1. The Morgan fingerprint density at radius 1 is 0.733 bits per heavy atom. The smallest absolute Gasteiger partial charge is 0.243 e. The first-order chi connectivity index (χ1) is 29.3. The summed E-state index contributed by atoms with van der Waals surface area (Å²) in [4.78, 5) is 16.3. The van der Waals surface area contributed by atoms with Gasteiger partial charge < -0.3 is 18.0 Å². The second kappa shape index (κ2) is 12.7. The van der Waals surface area contributed by atoms with Crippen molar-refractivity contribution >= 4 is 33.2 Å². The number of aromatic nitrogens is 4. The van der Waals surface area contributed by atoms with Crippen LogP contribution in [0.3, 0.4) is 0 Å². The van der Waals surface area contributed by atoms with Crippen LogP contribution in [0.4, 0.5) is 0 Å². The van der Waals surface area contributed by atoms with Crippen LogP contribution in [-0.4, -0.2) is 55.1 Å². The summed E-state index contributed by atoms with van der Waals surface area (Å²) in [6, 6.07) is 16.8. The molecule has 6 aromatic rings.